The van der Waals surface area contributed by atoms with Crippen LogP contribution in [0.2, 0.25) is 0 Å². The SMILES string of the molecule is O=C(NCC1CCN(c2ccccc2)C1)c1ccncc1. The summed E-state index contributed by atoms with van der Waals surface area (Å²) in [5.41, 5.74) is 1.93. The van der Waals surface area contributed by atoms with Crippen molar-refractivity contribution >= 4 is 11.6 Å². The summed E-state index contributed by atoms with van der Waals surface area (Å²) < 4.78 is 0. The molecule has 1 aromatic heterocycles. The van der Waals surface area contributed by atoms with Crippen molar-refractivity contribution in [3.05, 3.63) is 60.4 Å². The minimum absolute atomic E-state index is 0.0180. The van der Waals surface area contributed by atoms with Gasteiger partial charge in [0.05, 0.1) is 0 Å². The fourth-order valence-corrected chi connectivity index (χ4v) is 2.71. The average molecular weight is 281 g/mol. The molecule has 21 heavy (non-hydrogen) atoms. The zero-order valence-electron chi connectivity index (χ0n) is 11.9. The van der Waals surface area contributed by atoms with Crippen LogP contribution in [0.1, 0.15) is 16.8 Å². The van der Waals surface area contributed by atoms with Gasteiger partial charge in [-0.05, 0) is 36.6 Å². The Balaban J connectivity index is 1.50. The van der Waals surface area contributed by atoms with E-state index in [1.165, 1.54) is 5.69 Å². The van der Waals surface area contributed by atoms with Crippen molar-refractivity contribution in [2.45, 2.75) is 6.42 Å². The highest BCUT2D eigenvalue weighted by atomic mass is 16.1. The van der Waals surface area contributed by atoms with Crippen LogP contribution in [-0.4, -0.2) is 30.5 Å². The highest BCUT2D eigenvalue weighted by molar-refractivity contribution is 5.93. The highest BCUT2D eigenvalue weighted by Crippen LogP contribution is 2.22. The zero-order valence-corrected chi connectivity index (χ0v) is 11.9. The molecule has 0 radical (unpaired) electrons. The first kappa shape index (κ1) is 13.6. The van der Waals surface area contributed by atoms with Crippen LogP contribution in [-0.2, 0) is 0 Å². The number of anilines is 1. The Morgan fingerprint density at radius 3 is 2.71 bits per heavy atom. The molecule has 2 aromatic rings. The van der Waals surface area contributed by atoms with Gasteiger partial charge in [0.15, 0.2) is 0 Å². The number of rotatable bonds is 4. The van der Waals surface area contributed by atoms with Crippen molar-refractivity contribution in [2.75, 3.05) is 24.5 Å². The number of nitrogens with zero attached hydrogens (tertiary/aromatic N) is 2. The molecule has 1 atom stereocenters. The summed E-state index contributed by atoms with van der Waals surface area (Å²) in [6, 6.07) is 13.9. The van der Waals surface area contributed by atoms with Crippen LogP contribution < -0.4 is 10.2 Å². The summed E-state index contributed by atoms with van der Waals surface area (Å²) in [5, 5.41) is 3.02. The lowest BCUT2D eigenvalue weighted by Crippen LogP contribution is -2.31. The van der Waals surface area contributed by atoms with E-state index < -0.39 is 0 Å². The second-order valence-electron chi connectivity index (χ2n) is 5.38. The summed E-state index contributed by atoms with van der Waals surface area (Å²) >= 11 is 0. The van der Waals surface area contributed by atoms with Crippen LogP contribution in [0.5, 0.6) is 0 Å². The molecule has 1 aliphatic heterocycles. The Kier molecular flexibility index (Phi) is 4.15. The first-order valence-electron chi connectivity index (χ1n) is 7.31. The maximum atomic E-state index is 12.0. The van der Waals surface area contributed by atoms with Gasteiger partial charge < -0.3 is 10.2 Å². The van der Waals surface area contributed by atoms with E-state index in [1.807, 2.05) is 6.07 Å². The van der Waals surface area contributed by atoms with Crippen molar-refractivity contribution in [1.82, 2.24) is 10.3 Å². The molecule has 0 spiro atoms. The Hall–Kier alpha value is -2.36. The summed E-state index contributed by atoms with van der Waals surface area (Å²) in [6.45, 7) is 2.78. The van der Waals surface area contributed by atoms with Gasteiger partial charge in [0.25, 0.3) is 5.91 Å². The predicted molar refractivity (Wildman–Crippen MR) is 83.3 cm³/mol. The number of hydrogen-bond acceptors (Lipinski definition) is 3. The molecular formula is C17H19N3O. The molecule has 1 aromatic carbocycles. The van der Waals surface area contributed by atoms with Gasteiger partial charge in [-0.2, -0.15) is 0 Å². The van der Waals surface area contributed by atoms with Gasteiger partial charge in [-0.1, -0.05) is 18.2 Å². The van der Waals surface area contributed by atoms with Crippen molar-refractivity contribution in [3.63, 3.8) is 0 Å². The first-order chi connectivity index (χ1) is 10.3. The maximum Gasteiger partial charge on any atom is 0.251 e. The van der Waals surface area contributed by atoms with Crippen LogP contribution in [0.15, 0.2) is 54.9 Å². The fraction of sp³-hybridized carbons (Fsp3) is 0.294. The molecule has 1 aliphatic rings. The van der Waals surface area contributed by atoms with E-state index in [4.69, 9.17) is 0 Å². The smallest absolute Gasteiger partial charge is 0.251 e. The first-order valence-corrected chi connectivity index (χ1v) is 7.31. The van der Waals surface area contributed by atoms with E-state index >= 15 is 0 Å². The van der Waals surface area contributed by atoms with E-state index in [9.17, 15) is 4.79 Å². The normalized spacial score (nSPS) is 17.7. The summed E-state index contributed by atoms with van der Waals surface area (Å²) in [6.07, 6.45) is 4.40. The number of para-hydroxylation sites is 1. The van der Waals surface area contributed by atoms with Gasteiger partial charge in [0, 0.05) is 43.3 Å². The number of nitrogens with one attached hydrogen (secondary N) is 1. The molecule has 0 saturated carbocycles. The van der Waals surface area contributed by atoms with Crippen LogP contribution in [0.3, 0.4) is 0 Å². The molecule has 0 aliphatic carbocycles. The third kappa shape index (κ3) is 3.40. The van der Waals surface area contributed by atoms with Crippen LogP contribution >= 0.6 is 0 Å². The van der Waals surface area contributed by atoms with E-state index in [2.05, 4.69) is 39.5 Å². The van der Waals surface area contributed by atoms with Crippen molar-refractivity contribution in [3.8, 4) is 0 Å². The number of carbonyl (C=O) groups is 1. The predicted octanol–water partition coefficient (Wildman–Crippen LogP) is 2.34. The fourth-order valence-electron chi connectivity index (χ4n) is 2.71. The maximum absolute atomic E-state index is 12.0. The van der Waals surface area contributed by atoms with Crippen molar-refractivity contribution in [1.29, 1.82) is 0 Å². The molecule has 2 heterocycles. The van der Waals surface area contributed by atoms with E-state index in [0.29, 0.717) is 11.5 Å². The molecular weight excluding hydrogens is 262 g/mol. The van der Waals surface area contributed by atoms with E-state index in [1.54, 1.807) is 24.5 Å². The molecule has 3 rings (SSSR count). The zero-order chi connectivity index (χ0) is 14.5. The molecule has 1 N–H and O–H groups in total. The quantitative estimate of drug-likeness (QED) is 0.935. The number of hydrogen-bond donors (Lipinski definition) is 1. The second kappa shape index (κ2) is 6.39. The van der Waals surface area contributed by atoms with E-state index in [0.717, 1.165) is 26.1 Å². The monoisotopic (exact) mass is 281 g/mol. The lowest BCUT2D eigenvalue weighted by molar-refractivity contribution is 0.0948. The summed E-state index contributed by atoms with van der Waals surface area (Å²) in [7, 11) is 0. The Morgan fingerprint density at radius 2 is 1.95 bits per heavy atom. The number of amides is 1. The topological polar surface area (TPSA) is 45.2 Å². The van der Waals surface area contributed by atoms with Crippen LogP contribution in [0.4, 0.5) is 5.69 Å². The molecule has 4 heteroatoms. The van der Waals surface area contributed by atoms with Gasteiger partial charge in [-0.25, -0.2) is 0 Å². The lowest BCUT2D eigenvalue weighted by atomic mass is 10.1. The van der Waals surface area contributed by atoms with Gasteiger partial charge >= 0.3 is 0 Å². The second-order valence-corrected chi connectivity index (χ2v) is 5.38. The van der Waals surface area contributed by atoms with Gasteiger partial charge in [-0.15, -0.1) is 0 Å². The number of aromatic nitrogens is 1. The molecule has 108 valence electrons. The molecule has 0 bridgehead atoms. The van der Waals surface area contributed by atoms with E-state index in [-0.39, 0.29) is 5.91 Å². The van der Waals surface area contributed by atoms with Gasteiger partial charge in [0.2, 0.25) is 0 Å². The molecule has 4 nitrogen and oxygen atoms in total. The molecule has 1 saturated heterocycles. The minimum Gasteiger partial charge on any atom is -0.371 e. The Morgan fingerprint density at radius 1 is 1.19 bits per heavy atom. The van der Waals surface area contributed by atoms with Crippen LogP contribution in [0, 0.1) is 5.92 Å². The number of pyridine rings is 1. The van der Waals surface area contributed by atoms with Crippen molar-refractivity contribution in [2.24, 2.45) is 5.92 Å². The van der Waals surface area contributed by atoms with Crippen LogP contribution in [0.25, 0.3) is 0 Å². The molecule has 1 amide bonds. The van der Waals surface area contributed by atoms with Gasteiger partial charge in [0.1, 0.15) is 0 Å². The standard InChI is InChI=1S/C17H19N3O/c21-17(15-6-9-18-10-7-15)19-12-14-8-11-20(13-14)16-4-2-1-3-5-16/h1-7,9-10,14H,8,11-13H2,(H,19,21). The third-order valence-electron chi connectivity index (χ3n) is 3.90. The highest BCUT2D eigenvalue weighted by Gasteiger charge is 2.23. The Labute approximate surface area is 124 Å². The summed E-state index contributed by atoms with van der Waals surface area (Å²) in [5.74, 6) is 0.492. The van der Waals surface area contributed by atoms with Crippen molar-refractivity contribution < 1.29 is 4.79 Å². The number of benzene rings is 1. The lowest BCUT2D eigenvalue weighted by Gasteiger charge is -2.18. The van der Waals surface area contributed by atoms with Gasteiger partial charge in [-0.3, -0.25) is 9.78 Å². The average Bonchev–Trinajstić information content (AvgIpc) is 3.03. The Bertz CT molecular complexity index is 585. The third-order valence-corrected chi connectivity index (χ3v) is 3.90. The largest absolute Gasteiger partial charge is 0.371 e. The molecule has 1 unspecified atom stereocenters. The summed E-state index contributed by atoms with van der Waals surface area (Å²) in [4.78, 5) is 18.3. The minimum atomic E-state index is -0.0180. The molecule has 1 fully saturated rings. The number of carbonyl (C=O) groups excluding carboxylic acids is 1.